The molecule has 0 unspecified atom stereocenters. The van der Waals surface area contributed by atoms with Crippen LogP contribution in [0.15, 0.2) is 30.5 Å². The molecule has 1 heterocycles. The zero-order valence-corrected chi connectivity index (χ0v) is 8.01. The van der Waals surface area contributed by atoms with Crippen LogP contribution in [0.5, 0.6) is 0 Å². The third kappa shape index (κ3) is 1.80. The SMILES string of the molecule is Nc1cccc(-c2cnc(N)nc2N)c1. The molecule has 0 aliphatic heterocycles. The van der Waals surface area contributed by atoms with E-state index in [2.05, 4.69) is 9.97 Å². The molecule has 0 bridgehead atoms. The van der Waals surface area contributed by atoms with Crippen molar-refractivity contribution in [1.82, 2.24) is 9.97 Å². The summed E-state index contributed by atoms with van der Waals surface area (Å²) in [5.41, 5.74) is 19.1. The zero-order chi connectivity index (χ0) is 10.8. The second-order valence-electron chi connectivity index (χ2n) is 3.15. The molecule has 0 saturated heterocycles. The second-order valence-corrected chi connectivity index (χ2v) is 3.15. The monoisotopic (exact) mass is 201 g/mol. The van der Waals surface area contributed by atoms with Gasteiger partial charge in [-0.05, 0) is 17.7 Å². The van der Waals surface area contributed by atoms with Crippen molar-refractivity contribution >= 4 is 17.5 Å². The largest absolute Gasteiger partial charge is 0.399 e. The molecule has 2 aromatic rings. The Kier molecular flexibility index (Phi) is 2.13. The maximum Gasteiger partial charge on any atom is 0.221 e. The van der Waals surface area contributed by atoms with E-state index < -0.39 is 0 Å². The predicted molar refractivity (Wildman–Crippen MR) is 60.7 cm³/mol. The number of nitrogens with zero attached hydrogens (tertiary/aromatic N) is 2. The van der Waals surface area contributed by atoms with Gasteiger partial charge in [0.05, 0.1) is 0 Å². The lowest BCUT2D eigenvalue weighted by molar-refractivity contribution is 1.20. The van der Waals surface area contributed by atoms with Crippen LogP contribution in [0, 0.1) is 0 Å². The number of aromatic nitrogens is 2. The Labute approximate surface area is 86.9 Å². The minimum atomic E-state index is 0.167. The topological polar surface area (TPSA) is 104 Å². The summed E-state index contributed by atoms with van der Waals surface area (Å²) in [6.07, 6.45) is 1.59. The van der Waals surface area contributed by atoms with Gasteiger partial charge < -0.3 is 17.2 Å². The van der Waals surface area contributed by atoms with Crippen LogP contribution >= 0.6 is 0 Å². The number of rotatable bonds is 1. The van der Waals surface area contributed by atoms with Gasteiger partial charge in [0.25, 0.3) is 0 Å². The molecule has 0 spiro atoms. The number of hydrogen-bond donors (Lipinski definition) is 3. The first kappa shape index (κ1) is 9.26. The highest BCUT2D eigenvalue weighted by Gasteiger charge is 2.04. The lowest BCUT2D eigenvalue weighted by atomic mass is 10.1. The molecule has 0 radical (unpaired) electrons. The minimum absolute atomic E-state index is 0.167. The highest BCUT2D eigenvalue weighted by atomic mass is 15.0. The molecule has 0 aliphatic rings. The van der Waals surface area contributed by atoms with E-state index in [1.807, 2.05) is 18.2 Å². The van der Waals surface area contributed by atoms with E-state index in [-0.39, 0.29) is 5.95 Å². The van der Waals surface area contributed by atoms with Crippen molar-refractivity contribution in [3.05, 3.63) is 30.5 Å². The summed E-state index contributed by atoms with van der Waals surface area (Å²) in [4.78, 5) is 7.78. The van der Waals surface area contributed by atoms with Gasteiger partial charge in [-0.25, -0.2) is 4.98 Å². The van der Waals surface area contributed by atoms with Crippen molar-refractivity contribution in [2.24, 2.45) is 0 Å². The quantitative estimate of drug-likeness (QED) is 0.594. The molecule has 2 rings (SSSR count). The molecule has 0 aliphatic carbocycles. The average Bonchev–Trinajstić information content (AvgIpc) is 2.17. The Morgan fingerprint density at radius 1 is 1.07 bits per heavy atom. The maximum atomic E-state index is 5.73. The van der Waals surface area contributed by atoms with E-state index in [0.29, 0.717) is 11.5 Å². The number of nitrogens with two attached hydrogens (primary N) is 3. The lowest BCUT2D eigenvalue weighted by Crippen LogP contribution is -2.01. The third-order valence-corrected chi connectivity index (χ3v) is 2.03. The summed E-state index contributed by atoms with van der Waals surface area (Å²) in [6, 6.07) is 7.35. The minimum Gasteiger partial charge on any atom is -0.399 e. The fourth-order valence-electron chi connectivity index (χ4n) is 1.34. The number of benzene rings is 1. The summed E-state index contributed by atoms with van der Waals surface area (Å²) in [7, 11) is 0. The van der Waals surface area contributed by atoms with E-state index in [1.165, 1.54) is 0 Å². The van der Waals surface area contributed by atoms with Crippen molar-refractivity contribution in [3.63, 3.8) is 0 Å². The highest BCUT2D eigenvalue weighted by molar-refractivity contribution is 5.75. The van der Waals surface area contributed by atoms with Crippen LogP contribution in [0.25, 0.3) is 11.1 Å². The molecule has 1 aromatic heterocycles. The Balaban J connectivity index is 2.54. The number of hydrogen-bond acceptors (Lipinski definition) is 5. The smallest absolute Gasteiger partial charge is 0.221 e. The van der Waals surface area contributed by atoms with Crippen LogP contribution < -0.4 is 17.2 Å². The second kappa shape index (κ2) is 3.45. The Bertz CT molecular complexity index is 495. The van der Waals surface area contributed by atoms with Crippen LogP contribution in [-0.2, 0) is 0 Å². The highest BCUT2D eigenvalue weighted by Crippen LogP contribution is 2.25. The van der Waals surface area contributed by atoms with Crippen molar-refractivity contribution in [2.75, 3.05) is 17.2 Å². The van der Waals surface area contributed by atoms with Gasteiger partial charge >= 0.3 is 0 Å². The van der Waals surface area contributed by atoms with Crippen LogP contribution in [0.2, 0.25) is 0 Å². The maximum absolute atomic E-state index is 5.73. The first-order valence-corrected chi connectivity index (χ1v) is 4.41. The van der Waals surface area contributed by atoms with E-state index in [4.69, 9.17) is 17.2 Å². The molecule has 5 heteroatoms. The van der Waals surface area contributed by atoms with Gasteiger partial charge in [0, 0.05) is 17.4 Å². The first-order chi connectivity index (χ1) is 7.16. The predicted octanol–water partition coefficient (Wildman–Crippen LogP) is 0.890. The summed E-state index contributed by atoms with van der Waals surface area (Å²) in [6.45, 7) is 0. The molecule has 5 nitrogen and oxygen atoms in total. The van der Waals surface area contributed by atoms with Crippen molar-refractivity contribution in [1.29, 1.82) is 0 Å². The number of nitrogen functional groups attached to an aromatic ring is 3. The fourth-order valence-corrected chi connectivity index (χ4v) is 1.34. The van der Waals surface area contributed by atoms with Gasteiger partial charge in [-0.1, -0.05) is 12.1 Å². The molecule has 1 aromatic carbocycles. The standard InChI is InChI=1S/C10H11N5/c11-7-3-1-2-6(4-7)8-5-14-10(13)15-9(8)12/h1-5H,11H2,(H4,12,13,14,15). The molecule has 15 heavy (non-hydrogen) atoms. The van der Waals surface area contributed by atoms with E-state index in [1.54, 1.807) is 12.3 Å². The molecule has 76 valence electrons. The molecule has 6 N–H and O–H groups in total. The van der Waals surface area contributed by atoms with Crippen molar-refractivity contribution < 1.29 is 0 Å². The van der Waals surface area contributed by atoms with Crippen LogP contribution in [-0.4, -0.2) is 9.97 Å². The molecular weight excluding hydrogens is 190 g/mol. The third-order valence-electron chi connectivity index (χ3n) is 2.03. The molecule has 0 saturated carbocycles. The van der Waals surface area contributed by atoms with Gasteiger partial charge in [0.1, 0.15) is 5.82 Å². The Hall–Kier alpha value is -2.30. The molecular formula is C10H11N5. The summed E-state index contributed by atoms with van der Waals surface area (Å²) in [5.74, 6) is 0.522. The Morgan fingerprint density at radius 3 is 2.53 bits per heavy atom. The summed E-state index contributed by atoms with van der Waals surface area (Å²) in [5, 5.41) is 0. The average molecular weight is 201 g/mol. The van der Waals surface area contributed by atoms with Crippen molar-refractivity contribution in [3.8, 4) is 11.1 Å². The van der Waals surface area contributed by atoms with Crippen LogP contribution in [0.3, 0.4) is 0 Å². The van der Waals surface area contributed by atoms with E-state index in [0.717, 1.165) is 11.1 Å². The zero-order valence-electron chi connectivity index (χ0n) is 8.01. The fraction of sp³-hybridized carbons (Fsp3) is 0. The summed E-state index contributed by atoms with van der Waals surface area (Å²) < 4.78 is 0. The van der Waals surface area contributed by atoms with Gasteiger partial charge in [0.2, 0.25) is 5.95 Å². The molecule has 0 fully saturated rings. The van der Waals surface area contributed by atoms with Gasteiger partial charge in [0.15, 0.2) is 0 Å². The van der Waals surface area contributed by atoms with Gasteiger partial charge in [-0.2, -0.15) is 4.98 Å². The molecule has 0 atom stereocenters. The van der Waals surface area contributed by atoms with Gasteiger partial charge in [-0.15, -0.1) is 0 Å². The Morgan fingerprint density at radius 2 is 1.87 bits per heavy atom. The van der Waals surface area contributed by atoms with Gasteiger partial charge in [-0.3, -0.25) is 0 Å². The lowest BCUT2D eigenvalue weighted by Gasteiger charge is -2.05. The molecule has 0 amide bonds. The first-order valence-electron chi connectivity index (χ1n) is 4.41. The van der Waals surface area contributed by atoms with E-state index >= 15 is 0 Å². The van der Waals surface area contributed by atoms with E-state index in [9.17, 15) is 0 Å². The van der Waals surface area contributed by atoms with Crippen molar-refractivity contribution in [2.45, 2.75) is 0 Å². The van der Waals surface area contributed by atoms with Crippen LogP contribution in [0.1, 0.15) is 0 Å². The normalized spacial score (nSPS) is 10.1. The summed E-state index contributed by atoms with van der Waals surface area (Å²) >= 11 is 0. The van der Waals surface area contributed by atoms with Crippen LogP contribution in [0.4, 0.5) is 17.5 Å². The number of anilines is 3.